The Morgan fingerprint density at radius 2 is 2.18 bits per heavy atom. The van der Waals surface area contributed by atoms with Crippen molar-refractivity contribution < 1.29 is 5.11 Å². The van der Waals surface area contributed by atoms with E-state index in [0.717, 1.165) is 0 Å². The first-order valence-corrected chi connectivity index (χ1v) is 3.86. The van der Waals surface area contributed by atoms with Gasteiger partial charge in [-0.15, -0.1) is 0 Å². The quantitative estimate of drug-likeness (QED) is 0.693. The van der Waals surface area contributed by atoms with E-state index in [2.05, 4.69) is 4.98 Å². The van der Waals surface area contributed by atoms with Gasteiger partial charge in [-0.2, -0.15) is 0 Å². The van der Waals surface area contributed by atoms with Crippen LogP contribution in [0.15, 0.2) is 12.3 Å². The molecular formula is C7H7Cl2NO. The molecule has 0 aliphatic heterocycles. The lowest BCUT2D eigenvalue weighted by atomic mass is 10.2. The van der Waals surface area contributed by atoms with E-state index in [9.17, 15) is 0 Å². The first-order chi connectivity index (χ1) is 5.11. The average Bonchev–Trinajstić information content (AvgIpc) is 1.94. The molecule has 0 spiro atoms. The lowest BCUT2D eigenvalue weighted by Crippen LogP contribution is -1.92. The second kappa shape index (κ2) is 3.39. The van der Waals surface area contributed by atoms with Gasteiger partial charge in [-0.1, -0.05) is 23.2 Å². The Labute approximate surface area is 74.8 Å². The van der Waals surface area contributed by atoms with Crippen LogP contribution in [0.25, 0.3) is 0 Å². The van der Waals surface area contributed by atoms with Crippen molar-refractivity contribution in [3.63, 3.8) is 0 Å². The number of halogens is 2. The van der Waals surface area contributed by atoms with Crippen molar-refractivity contribution in [3.8, 4) is 0 Å². The molecule has 0 aromatic carbocycles. The third kappa shape index (κ3) is 2.06. The number of pyridine rings is 1. The van der Waals surface area contributed by atoms with Crippen LogP contribution in [0.5, 0.6) is 0 Å². The van der Waals surface area contributed by atoms with E-state index in [-0.39, 0.29) is 0 Å². The van der Waals surface area contributed by atoms with Gasteiger partial charge in [0.25, 0.3) is 0 Å². The van der Waals surface area contributed by atoms with Crippen molar-refractivity contribution in [2.45, 2.75) is 13.0 Å². The van der Waals surface area contributed by atoms with Crippen molar-refractivity contribution in [1.29, 1.82) is 0 Å². The Kier molecular flexibility index (Phi) is 2.71. The van der Waals surface area contributed by atoms with Gasteiger partial charge in [0, 0.05) is 11.8 Å². The summed E-state index contributed by atoms with van der Waals surface area (Å²) in [5, 5.41) is 9.93. The number of aromatic nitrogens is 1. The van der Waals surface area contributed by atoms with Gasteiger partial charge in [0.2, 0.25) is 0 Å². The highest BCUT2D eigenvalue weighted by Crippen LogP contribution is 2.23. The summed E-state index contributed by atoms with van der Waals surface area (Å²) in [7, 11) is 0. The molecule has 0 aliphatic rings. The Balaban J connectivity index is 3.13. The molecule has 1 heterocycles. The minimum absolute atomic E-state index is 0.338. The Morgan fingerprint density at radius 3 is 2.64 bits per heavy atom. The fourth-order valence-electron chi connectivity index (χ4n) is 0.748. The molecule has 1 N–H and O–H groups in total. The zero-order valence-electron chi connectivity index (χ0n) is 5.88. The summed E-state index contributed by atoms with van der Waals surface area (Å²) in [5.41, 5.74) is 0.603. The number of hydrogen-bond acceptors (Lipinski definition) is 2. The maximum atomic E-state index is 9.16. The monoisotopic (exact) mass is 191 g/mol. The van der Waals surface area contributed by atoms with Crippen LogP contribution in [0.3, 0.4) is 0 Å². The van der Waals surface area contributed by atoms with Crippen LogP contribution < -0.4 is 0 Å². The van der Waals surface area contributed by atoms with E-state index >= 15 is 0 Å². The molecule has 1 aromatic heterocycles. The highest BCUT2D eigenvalue weighted by atomic mass is 35.5. The predicted octanol–water partition coefficient (Wildman–Crippen LogP) is 2.44. The molecule has 0 saturated carbocycles. The summed E-state index contributed by atoms with van der Waals surface area (Å²) in [6, 6.07) is 1.55. The van der Waals surface area contributed by atoms with Crippen LogP contribution >= 0.6 is 23.2 Å². The fourth-order valence-corrected chi connectivity index (χ4v) is 1.18. The molecule has 0 saturated heterocycles. The fraction of sp³-hybridized carbons (Fsp3) is 0.286. The van der Waals surface area contributed by atoms with Gasteiger partial charge in [0.1, 0.15) is 5.15 Å². The zero-order valence-corrected chi connectivity index (χ0v) is 7.39. The van der Waals surface area contributed by atoms with Crippen LogP contribution in [-0.4, -0.2) is 10.1 Å². The van der Waals surface area contributed by atoms with Gasteiger partial charge < -0.3 is 5.11 Å². The third-order valence-electron chi connectivity index (χ3n) is 1.30. The molecule has 11 heavy (non-hydrogen) atoms. The molecule has 0 bridgehead atoms. The average molecular weight is 192 g/mol. The van der Waals surface area contributed by atoms with Crippen LogP contribution in [0, 0.1) is 0 Å². The van der Waals surface area contributed by atoms with Gasteiger partial charge in [-0.3, -0.25) is 0 Å². The third-order valence-corrected chi connectivity index (χ3v) is 1.82. The van der Waals surface area contributed by atoms with E-state index in [1.165, 1.54) is 6.20 Å². The molecule has 1 aromatic rings. The van der Waals surface area contributed by atoms with Crippen molar-refractivity contribution >= 4 is 23.2 Å². The van der Waals surface area contributed by atoms with E-state index < -0.39 is 6.10 Å². The highest BCUT2D eigenvalue weighted by molar-refractivity contribution is 6.32. The first-order valence-electron chi connectivity index (χ1n) is 3.10. The largest absolute Gasteiger partial charge is 0.389 e. The minimum atomic E-state index is -0.608. The van der Waals surface area contributed by atoms with Gasteiger partial charge in [0.05, 0.1) is 11.1 Å². The van der Waals surface area contributed by atoms with E-state index in [0.29, 0.717) is 15.7 Å². The normalized spacial score (nSPS) is 13.1. The molecule has 0 aliphatic carbocycles. The van der Waals surface area contributed by atoms with Crippen LogP contribution in [0.2, 0.25) is 10.2 Å². The van der Waals surface area contributed by atoms with E-state index in [4.69, 9.17) is 28.3 Å². The molecule has 2 nitrogen and oxygen atoms in total. The lowest BCUT2D eigenvalue weighted by Gasteiger charge is -2.05. The molecular weight excluding hydrogens is 185 g/mol. The second-order valence-electron chi connectivity index (χ2n) is 2.20. The number of nitrogens with zero attached hydrogens (tertiary/aromatic N) is 1. The summed E-state index contributed by atoms with van der Waals surface area (Å²) in [5.74, 6) is 0. The maximum absolute atomic E-state index is 9.16. The molecule has 0 fully saturated rings. The standard InChI is InChI=1S/C7H7Cl2NO/c1-4(11)5-2-7(9)10-3-6(5)8/h2-4,11H,1H3. The molecule has 1 atom stereocenters. The van der Waals surface area contributed by atoms with Crippen molar-refractivity contribution in [2.75, 3.05) is 0 Å². The number of aliphatic hydroxyl groups is 1. The molecule has 0 amide bonds. The molecule has 60 valence electrons. The SMILES string of the molecule is CC(O)c1cc(Cl)ncc1Cl. The van der Waals surface area contributed by atoms with Crippen LogP contribution in [0.1, 0.15) is 18.6 Å². The number of rotatable bonds is 1. The Hall–Kier alpha value is -0.310. The maximum Gasteiger partial charge on any atom is 0.129 e. The second-order valence-corrected chi connectivity index (χ2v) is 3.00. The molecule has 0 radical (unpaired) electrons. The van der Waals surface area contributed by atoms with Crippen molar-refractivity contribution in [1.82, 2.24) is 4.98 Å². The summed E-state index contributed by atoms with van der Waals surface area (Å²) in [6.07, 6.45) is 0.814. The summed E-state index contributed by atoms with van der Waals surface area (Å²) in [6.45, 7) is 1.62. The summed E-state index contributed by atoms with van der Waals surface area (Å²) >= 11 is 11.3. The lowest BCUT2D eigenvalue weighted by molar-refractivity contribution is 0.199. The van der Waals surface area contributed by atoms with E-state index in [1.807, 2.05) is 0 Å². The molecule has 1 rings (SSSR count). The summed E-state index contributed by atoms with van der Waals surface area (Å²) in [4.78, 5) is 3.74. The van der Waals surface area contributed by atoms with Gasteiger partial charge in [-0.05, 0) is 13.0 Å². The predicted molar refractivity (Wildman–Crippen MR) is 44.9 cm³/mol. The number of hydrogen-bond donors (Lipinski definition) is 1. The first kappa shape index (κ1) is 8.78. The molecule has 1 unspecified atom stereocenters. The minimum Gasteiger partial charge on any atom is -0.389 e. The Bertz CT molecular complexity index is 263. The Morgan fingerprint density at radius 1 is 1.55 bits per heavy atom. The van der Waals surface area contributed by atoms with Gasteiger partial charge in [-0.25, -0.2) is 4.98 Å². The number of aliphatic hydroxyl groups excluding tert-OH is 1. The topological polar surface area (TPSA) is 33.1 Å². The van der Waals surface area contributed by atoms with E-state index in [1.54, 1.807) is 13.0 Å². The summed E-state index contributed by atoms with van der Waals surface area (Å²) < 4.78 is 0. The van der Waals surface area contributed by atoms with Crippen LogP contribution in [-0.2, 0) is 0 Å². The van der Waals surface area contributed by atoms with Crippen molar-refractivity contribution in [2.24, 2.45) is 0 Å². The molecule has 4 heteroatoms. The highest BCUT2D eigenvalue weighted by Gasteiger charge is 2.06. The van der Waals surface area contributed by atoms with Gasteiger partial charge >= 0.3 is 0 Å². The van der Waals surface area contributed by atoms with Crippen LogP contribution in [0.4, 0.5) is 0 Å². The van der Waals surface area contributed by atoms with Gasteiger partial charge in [0.15, 0.2) is 0 Å². The smallest absolute Gasteiger partial charge is 0.129 e. The van der Waals surface area contributed by atoms with Crippen molar-refractivity contribution in [3.05, 3.63) is 28.0 Å². The zero-order chi connectivity index (χ0) is 8.43.